The lowest BCUT2D eigenvalue weighted by molar-refractivity contribution is -0.167. The van der Waals surface area contributed by atoms with Gasteiger partial charge in [0.2, 0.25) is 0 Å². The highest BCUT2D eigenvalue weighted by Crippen LogP contribution is 2.12. The van der Waals surface area contributed by atoms with Gasteiger partial charge in [-0.05, 0) is 122 Å². The SMILES string of the molecule is CC/C=C\C/C=C\C/C=C\C/C=C\C/C=C\C/C=C\C/C=C\CCCC(=O)OCC(COC(=O)CCCCCCC/C=C\C/C=C\CCC)OC(=O)CCCCCCC/C=C\C/C=C\CCC. The van der Waals surface area contributed by atoms with Crippen LogP contribution in [0.15, 0.2) is 134 Å². The second-order valence-corrected chi connectivity index (χ2v) is 17.0. The van der Waals surface area contributed by atoms with Gasteiger partial charge < -0.3 is 14.2 Å². The fourth-order valence-electron chi connectivity index (χ4n) is 6.62. The van der Waals surface area contributed by atoms with Crippen molar-refractivity contribution in [3.63, 3.8) is 0 Å². The highest BCUT2D eigenvalue weighted by molar-refractivity contribution is 5.71. The van der Waals surface area contributed by atoms with Crippen molar-refractivity contribution in [2.45, 2.75) is 219 Å². The first-order chi connectivity index (χ1) is 33.0. The summed E-state index contributed by atoms with van der Waals surface area (Å²) in [6.45, 7) is 6.30. The zero-order valence-corrected chi connectivity index (χ0v) is 42.9. The molecule has 0 bridgehead atoms. The molecule has 0 N–H and O–H groups in total. The first-order valence-electron chi connectivity index (χ1n) is 26.7. The minimum Gasteiger partial charge on any atom is -0.462 e. The van der Waals surface area contributed by atoms with Crippen molar-refractivity contribution >= 4 is 17.9 Å². The normalized spacial score (nSPS) is 13.2. The average molecular weight is 925 g/mol. The fourth-order valence-corrected chi connectivity index (χ4v) is 6.62. The Hall–Kier alpha value is -4.45. The Kier molecular flexibility index (Phi) is 50.6. The molecule has 0 aliphatic carbocycles. The number of rotatable bonds is 46. The van der Waals surface area contributed by atoms with Gasteiger partial charge in [-0.15, -0.1) is 0 Å². The van der Waals surface area contributed by atoms with E-state index in [1.807, 2.05) is 0 Å². The molecule has 67 heavy (non-hydrogen) atoms. The van der Waals surface area contributed by atoms with Crippen LogP contribution in [0, 0.1) is 0 Å². The molecule has 0 rings (SSSR count). The van der Waals surface area contributed by atoms with E-state index in [0.717, 1.165) is 154 Å². The third kappa shape index (κ3) is 52.4. The van der Waals surface area contributed by atoms with Gasteiger partial charge in [-0.2, -0.15) is 0 Å². The van der Waals surface area contributed by atoms with Gasteiger partial charge in [0.25, 0.3) is 0 Å². The van der Waals surface area contributed by atoms with Crippen molar-refractivity contribution in [3.05, 3.63) is 134 Å². The number of esters is 3. The quantitative estimate of drug-likeness (QED) is 0.0262. The average Bonchev–Trinajstić information content (AvgIpc) is 3.33. The maximum atomic E-state index is 12.8. The minimum absolute atomic E-state index is 0.114. The highest BCUT2D eigenvalue weighted by Gasteiger charge is 2.19. The molecular weight excluding hydrogens is 829 g/mol. The summed E-state index contributed by atoms with van der Waals surface area (Å²) in [5, 5.41) is 0. The van der Waals surface area contributed by atoms with E-state index in [2.05, 4.69) is 154 Å². The summed E-state index contributed by atoms with van der Waals surface area (Å²) in [7, 11) is 0. The Labute approximate surface area is 411 Å². The van der Waals surface area contributed by atoms with Gasteiger partial charge in [0.05, 0.1) is 0 Å². The second-order valence-electron chi connectivity index (χ2n) is 17.0. The van der Waals surface area contributed by atoms with Crippen LogP contribution in [-0.4, -0.2) is 37.2 Å². The lowest BCUT2D eigenvalue weighted by Gasteiger charge is -2.18. The molecule has 1 atom stereocenters. The standard InChI is InChI=1S/C61H96O6/c1-4-7-10-13-16-19-22-25-26-27-28-29-30-31-32-33-34-37-39-42-45-48-51-54-60(63)66-57-58(67-61(64)55-52-49-46-43-40-36-24-21-18-15-12-9-6-3)56-65-59(62)53-50-47-44-41-38-35-23-20-17-14-11-8-5-2/h7,10-12,14-16,19-21,23-26,28-29,31-32,34,37,42,45,58H,4-6,8-9,13,17-18,22,27,30,33,35-36,38-41,43-44,46-57H2,1-3H3/b10-7-,14-11-,15-12-,19-16-,23-20-,24-21-,26-25-,29-28-,32-31-,37-34-,45-42-. The molecule has 0 saturated heterocycles. The summed E-state index contributed by atoms with van der Waals surface area (Å²) in [5.74, 6) is -1.01. The van der Waals surface area contributed by atoms with Crippen molar-refractivity contribution in [1.82, 2.24) is 0 Å². The first-order valence-corrected chi connectivity index (χ1v) is 26.7. The molecule has 0 aliphatic rings. The summed E-state index contributed by atoms with van der Waals surface area (Å²) < 4.78 is 16.7. The number of allylic oxidation sites excluding steroid dienone is 22. The van der Waals surface area contributed by atoms with E-state index in [1.165, 1.54) is 12.8 Å². The van der Waals surface area contributed by atoms with E-state index in [0.29, 0.717) is 19.3 Å². The van der Waals surface area contributed by atoms with Crippen LogP contribution in [0.1, 0.15) is 213 Å². The van der Waals surface area contributed by atoms with E-state index in [-0.39, 0.29) is 37.5 Å². The van der Waals surface area contributed by atoms with E-state index >= 15 is 0 Å². The van der Waals surface area contributed by atoms with Crippen molar-refractivity contribution in [3.8, 4) is 0 Å². The predicted octanol–water partition coefficient (Wildman–Crippen LogP) is 17.9. The molecule has 6 nitrogen and oxygen atoms in total. The van der Waals surface area contributed by atoms with Crippen LogP contribution in [0.2, 0.25) is 0 Å². The predicted molar refractivity (Wildman–Crippen MR) is 288 cm³/mol. The van der Waals surface area contributed by atoms with Crippen LogP contribution in [-0.2, 0) is 28.6 Å². The van der Waals surface area contributed by atoms with Crippen molar-refractivity contribution < 1.29 is 28.6 Å². The molecule has 0 aliphatic heterocycles. The number of hydrogen-bond acceptors (Lipinski definition) is 6. The molecule has 1 unspecified atom stereocenters. The van der Waals surface area contributed by atoms with E-state index in [1.54, 1.807) is 0 Å². The Morgan fingerprint density at radius 3 is 0.970 bits per heavy atom. The molecule has 0 fully saturated rings. The molecule has 376 valence electrons. The highest BCUT2D eigenvalue weighted by atomic mass is 16.6. The Balaban J connectivity index is 4.50. The van der Waals surface area contributed by atoms with Crippen molar-refractivity contribution in [2.24, 2.45) is 0 Å². The lowest BCUT2D eigenvalue weighted by Crippen LogP contribution is -2.30. The van der Waals surface area contributed by atoms with Gasteiger partial charge in [0.1, 0.15) is 13.2 Å². The van der Waals surface area contributed by atoms with Crippen molar-refractivity contribution in [2.75, 3.05) is 13.2 Å². The fraction of sp³-hybridized carbons (Fsp3) is 0.590. The molecule has 0 radical (unpaired) electrons. The number of ether oxygens (including phenoxy) is 3. The van der Waals surface area contributed by atoms with Crippen LogP contribution in [0.4, 0.5) is 0 Å². The molecule has 0 aromatic rings. The number of hydrogen-bond donors (Lipinski definition) is 0. The van der Waals surface area contributed by atoms with Crippen LogP contribution < -0.4 is 0 Å². The molecule has 0 heterocycles. The summed E-state index contributed by atoms with van der Waals surface area (Å²) in [4.78, 5) is 38.0. The van der Waals surface area contributed by atoms with Gasteiger partial charge in [-0.1, -0.05) is 206 Å². The molecule has 6 heteroatoms. The van der Waals surface area contributed by atoms with Gasteiger partial charge in [-0.3, -0.25) is 14.4 Å². The van der Waals surface area contributed by atoms with E-state index in [9.17, 15) is 14.4 Å². The molecule has 0 spiro atoms. The molecule has 0 aromatic carbocycles. The van der Waals surface area contributed by atoms with E-state index in [4.69, 9.17) is 14.2 Å². The Morgan fingerprint density at radius 2 is 0.597 bits per heavy atom. The number of carbonyl (C=O) groups excluding carboxylic acids is 3. The van der Waals surface area contributed by atoms with Crippen LogP contribution in [0.5, 0.6) is 0 Å². The molecule has 0 aromatic heterocycles. The summed E-state index contributed by atoms with van der Waals surface area (Å²) in [5.41, 5.74) is 0. The number of carbonyl (C=O) groups is 3. The third-order valence-corrected chi connectivity index (χ3v) is 10.6. The molecule has 0 amide bonds. The largest absolute Gasteiger partial charge is 0.462 e. The summed E-state index contributed by atoms with van der Waals surface area (Å²) >= 11 is 0. The summed E-state index contributed by atoms with van der Waals surface area (Å²) in [6.07, 6.45) is 75.8. The molecular formula is C61H96O6. The molecule has 0 saturated carbocycles. The minimum atomic E-state index is -0.819. The Morgan fingerprint density at radius 1 is 0.313 bits per heavy atom. The number of unbranched alkanes of at least 4 members (excludes halogenated alkanes) is 13. The monoisotopic (exact) mass is 925 g/mol. The third-order valence-electron chi connectivity index (χ3n) is 10.6. The van der Waals surface area contributed by atoms with Crippen LogP contribution >= 0.6 is 0 Å². The summed E-state index contributed by atoms with van der Waals surface area (Å²) in [6, 6.07) is 0. The topological polar surface area (TPSA) is 78.9 Å². The second kappa shape index (κ2) is 54.2. The maximum Gasteiger partial charge on any atom is 0.306 e. The van der Waals surface area contributed by atoms with Crippen LogP contribution in [0.25, 0.3) is 0 Å². The van der Waals surface area contributed by atoms with Gasteiger partial charge in [0.15, 0.2) is 6.10 Å². The van der Waals surface area contributed by atoms with Crippen molar-refractivity contribution in [1.29, 1.82) is 0 Å². The van der Waals surface area contributed by atoms with Crippen LogP contribution in [0.3, 0.4) is 0 Å². The zero-order chi connectivity index (χ0) is 48.6. The lowest BCUT2D eigenvalue weighted by atomic mass is 10.1. The van der Waals surface area contributed by atoms with Gasteiger partial charge >= 0.3 is 17.9 Å². The van der Waals surface area contributed by atoms with E-state index < -0.39 is 6.10 Å². The Bertz CT molecular complexity index is 1480. The smallest absolute Gasteiger partial charge is 0.306 e. The maximum absolute atomic E-state index is 12.8. The van der Waals surface area contributed by atoms with Gasteiger partial charge in [0, 0.05) is 19.3 Å². The zero-order valence-electron chi connectivity index (χ0n) is 42.9. The van der Waals surface area contributed by atoms with Gasteiger partial charge in [-0.25, -0.2) is 0 Å². The first kappa shape index (κ1) is 62.5.